The van der Waals surface area contributed by atoms with Gasteiger partial charge in [0.05, 0.1) is 29.3 Å². The van der Waals surface area contributed by atoms with Gasteiger partial charge < -0.3 is 14.8 Å². The summed E-state index contributed by atoms with van der Waals surface area (Å²) in [5.41, 5.74) is 1.84. The first-order valence-corrected chi connectivity index (χ1v) is 11.9. The monoisotopic (exact) mass is 448 g/mol. The molecule has 0 unspecified atom stereocenters. The Bertz CT molecular complexity index is 1320. The highest BCUT2D eigenvalue weighted by atomic mass is 32.2. The molecule has 0 spiro atoms. The standard InChI is InChI=1S/C25H24N2O4S/c1-3-30-19-12-10-18(11-13-19)27-25-22-16-20(31-4-2)14-15-23(22)26-17-24(25)32(28,29)21-8-6-5-7-9-21/h5-17H,3-4H2,1-2H3,(H,26,27). The third-order valence-electron chi connectivity index (χ3n) is 4.89. The molecule has 0 atom stereocenters. The van der Waals surface area contributed by atoms with Crippen LogP contribution in [0.15, 0.2) is 88.8 Å². The summed E-state index contributed by atoms with van der Waals surface area (Å²) in [5.74, 6) is 1.39. The first-order valence-electron chi connectivity index (χ1n) is 10.4. The lowest BCUT2D eigenvalue weighted by Gasteiger charge is -2.16. The molecule has 1 aromatic heterocycles. The van der Waals surface area contributed by atoms with Crippen LogP contribution in [0.5, 0.6) is 11.5 Å². The number of hydrogen-bond donors (Lipinski definition) is 1. The Morgan fingerprint density at radius 2 is 1.50 bits per heavy atom. The Morgan fingerprint density at radius 3 is 2.19 bits per heavy atom. The zero-order chi connectivity index (χ0) is 22.6. The van der Waals surface area contributed by atoms with E-state index in [0.717, 1.165) is 11.4 Å². The fourth-order valence-electron chi connectivity index (χ4n) is 3.41. The Balaban J connectivity index is 1.89. The van der Waals surface area contributed by atoms with Crippen molar-refractivity contribution in [3.05, 3.63) is 79.0 Å². The lowest BCUT2D eigenvalue weighted by Crippen LogP contribution is -2.07. The Hall–Kier alpha value is -3.58. The predicted molar refractivity (Wildman–Crippen MR) is 126 cm³/mol. The molecule has 4 aromatic rings. The summed E-state index contributed by atoms with van der Waals surface area (Å²) in [7, 11) is -3.81. The van der Waals surface area contributed by atoms with Gasteiger partial charge in [-0.25, -0.2) is 8.42 Å². The molecule has 1 heterocycles. The van der Waals surface area contributed by atoms with Crippen molar-refractivity contribution < 1.29 is 17.9 Å². The predicted octanol–water partition coefficient (Wildman–Crippen LogP) is 5.61. The number of nitrogens with one attached hydrogen (secondary N) is 1. The van der Waals surface area contributed by atoms with Gasteiger partial charge in [-0.2, -0.15) is 0 Å². The Kier molecular flexibility index (Phi) is 6.28. The molecule has 0 aliphatic heterocycles. The van der Waals surface area contributed by atoms with Gasteiger partial charge in [0.1, 0.15) is 16.4 Å². The first kappa shape index (κ1) is 21.6. The SMILES string of the molecule is CCOc1ccc(Nc2c(S(=O)(=O)c3ccccc3)cnc3ccc(OCC)cc23)cc1. The average Bonchev–Trinajstić information content (AvgIpc) is 2.81. The van der Waals surface area contributed by atoms with E-state index < -0.39 is 9.84 Å². The van der Waals surface area contributed by atoms with Crippen molar-refractivity contribution in [2.75, 3.05) is 18.5 Å². The summed E-state index contributed by atoms with van der Waals surface area (Å²) < 4.78 is 38.2. The van der Waals surface area contributed by atoms with Crippen LogP contribution in [0.3, 0.4) is 0 Å². The van der Waals surface area contributed by atoms with Gasteiger partial charge in [0.25, 0.3) is 0 Å². The molecule has 7 heteroatoms. The summed E-state index contributed by atoms with van der Waals surface area (Å²) in [6.45, 7) is 4.90. The van der Waals surface area contributed by atoms with Gasteiger partial charge in [-0.1, -0.05) is 18.2 Å². The number of rotatable bonds is 8. The molecule has 4 rings (SSSR count). The van der Waals surface area contributed by atoms with Crippen LogP contribution in [0.25, 0.3) is 10.9 Å². The van der Waals surface area contributed by atoms with Crippen LogP contribution in [0.4, 0.5) is 11.4 Å². The second kappa shape index (κ2) is 9.28. The van der Waals surface area contributed by atoms with Crippen LogP contribution in [-0.2, 0) is 9.84 Å². The number of fused-ring (bicyclic) bond motifs is 1. The maximum absolute atomic E-state index is 13.5. The minimum absolute atomic E-state index is 0.0960. The molecule has 0 saturated heterocycles. The highest BCUT2D eigenvalue weighted by Gasteiger charge is 2.24. The van der Waals surface area contributed by atoms with E-state index in [9.17, 15) is 8.42 Å². The number of nitrogens with zero attached hydrogens (tertiary/aromatic N) is 1. The fraction of sp³-hybridized carbons (Fsp3) is 0.160. The maximum atomic E-state index is 13.5. The summed E-state index contributed by atoms with van der Waals surface area (Å²) in [6.07, 6.45) is 1.40. The van der Waals surface area contributed by atoms with E-state index in [1.807, 2.05) is 56.3 Å². The number of ether oxygens (including phenoxy) is 2. The molecule has 0 radical (unpaired) electrons. The molecule has 1 N–H and O–H groups in total. The van der Waals surface area contributed by atoms with Crippen molar-refractivity contribution in [1.82, 2.24) is 4.98 Å². The second-order valence-corrected chi connectivity index (χ2v) is 8.93. The molecule has 0 aliphatic carbocycles. The normalized spacial score (nSPS) is 11.3. The van der Waals surface area contributed by atoms with Crippen molar-refractivity contribution in [3.63, 3.8) is 0 Å². The van der Waals surface area contributed by atoms with Crippen molar-refractivity contribution in [2.45, 2.75) is 23.6 Å². The molecule has 32 heavy (non-hydrogen) atoms. The number of anilines is 2. The second-order valence-electron chi connectivity index (χ2n) is 7.01. The third-order valence-corrected chi connectivity index (χ3v) is 6.67. The van der Waals surface area contributed by atoms with Gasteiger partial charge in [-0.15, -0.1) is 0 Å². The smallest absolute Gasteiger partial charge is 0.210 e. The van der Waals surface area contributed by atoms with Gasteiger partial charge in [-0.3, -0.25) is 4.98 Å². The number of benzene rings is 3. The number of hydrogen-bond acceptors (Lipinski definition) is 6. The Labute approximate surface area is 187 Å². The molecule has 6 nitrogen and oxygen atoms in total. The largest absolute Gasteiger partial charge is 0.494 e. The van der Waals surface area contributed by atoms with Gasteiger partial charge >= 0.3 is 0 Å². The minimum Gasteiger partial charge on any atom is -0.494 e. The van der Waals surface area contributed by atoms with E-state index >= 15 is 0 Å². The summed E-state index contributed by atoms with van der Waals surface area (Å²) in [6, 6.07) is 21.2. The van der Waals surface area contributed by atoms with Gasteiger partial charge in [-0.05, 0) is 68.4 Å². The van der Waals surface area contributed by atoms with E-state index in [-0.39, 0.29) is 9.79 Å². The van der Waals surface area contributed by atoms with Crippen LogP contribution in [-0.4, -0.2) is 26.6 Å². The maximum Gasteiger partial charge on any atom is 0.210 e. The fourth-order valence-corrected chi connectivity index (χ4v) is 4.81. The molecule has 0 amide bonds. The quantitative estimate of drug-likeness (QED) is 0.378. The molecule has 164 valence electrons. The first-order chi connectivity index (χ1) is 15.5. The molecular weight excluding hydrogens is 424 g/mol. The van der Waals surface area contributed by atoms with E-state index in [1.165, 1.54) is 6.20 Å². The highest BCUT2D eigenvalue weighted by Crippen LogP contribution is 2.36. The van der Waals surface area contributed by atoms with Crippen LogP contribution in [0, 0.1) is 0 Å². The molecule has 0 fully saturated rings. The topological polar surface area (TPSA) is 77.5 Å². The number of aromatic nitrogens is 1. The van der Waals surface area contributed by atoms with Crippen LogP contribution < -0.4 is 14.8 Å². The van der Waals surface area contributed by atoms with Crippen LogP contribution >= 0.6 is 0 Å². The Morgan fingerprint density at radius 1 is 0.844 bits per heavy atom. The summed E-state index contributed by atoms with van der Waals surface area (Å²) in [4.78, 5) is 4.72. The molecular formula is C25H24N2O4S. The van der Waals surface area contributed by atoms with Gasteiger partial charge in [0, 0.05) is 17.3 Å². The van der Waals surface area contributed by atoms with Crippen molar-refractivity contribution in [1.29, 1.82) is 0 Å². The van der Waals surface area contributed by atoms with Crippen LogP contribution in [0.2, 0.25) is 0 Å². The highest BCUT2D eigenvalue weighted by molar-refractivity contribution is 7.91. The zero-order valence-corrected chi connectivity index (χ0v) is 18.7. The van der Waals surface area contributed by atoms with Gasteiger partial charge in [0.2, 0.25) is 9.84 Å². The van der Waals surface area contributed by atoms with Crippen LogP contribution in [0.1, 0.15) is 13.8 Å². The lowest BCUT2D eigenvalue weighted by molar-refractivity contribution is 0.340. The summed E-state index contributed by atoms with van der Waals surface area (Å²) >= 11 is 0. The number of pyridine rings is 1. The average molecular weight is 449 g/mol. The lowest BCUT2D eigenvalue weighted by atomic mass is 10.1. The third kappa shape index (κ3) is 4.38. The molecule has 0 saturated carbocycles. The molecule has 0 aliphatic rings. The van der Waals surface area contributed by atoms with Crippen molar-refractivity contribution in [3.8, 4) is 11.5 Å². The van der Waals surface area contributed by atoms with E-state index in [2.05, 4.69) is 10.3 Å². The minimum atomic E-state index is -3.81. The van der Waals surface area contributed by atoms with E-state index in [0.29, 0.717) is 35.6 Å². The molecule has 0 bridgehead atoms. The summed E-state index contributed by atoms with van der Waals surface area (Å²) in [5, 5.41) is 3.95. The van der Waals surface area contributed by atoms with E-state index in [4.69, 9.17) is 9.47 Å². The van der Waals surface area contributed by atoms with E-state index in [1.54, 1.807) is 30.3 Å². The number of sulfone groups is 1. The van der Waals surface area contributed by atoms with Gasteiger partial charge in [0.15, 0.2) is 0 Å². The van der Waals surface area contributed by atoms with Crippen molar-refractivity contribution >= 4 is 32.1 Å². The van der Waals surface area contributed by atoms with Crippen molar-refractivity contribution in [2.24, 2.45) is 0 Å². The molecule has 3 aromatic carbocycles. The zero-order valence-electron chi connectivity index (χ0n) is 17.9.